The zero-order valence-electron chi connectivity index (χ0n) is 12.9. The van der Waals surface area contributed by atoms with Gasteiger partial charge in [0.05, 0.1) is 10.7 Å². The molecule has 0 fully saturated rings. The monoisotopic (exact) mass is 307 g/mol. The van der Waals surface area contributed by atoms with Crippen LogP contribution in [0.1, 0.15) is 44.1 Å². The zero-order chi connectivity index (χ0) is 15.4. The molecule has 21 heavy (non-hydrogen) atoms. The first-order valence-electron chi connectivity index (χ1n) is 7.14. The van der Waals surface area contributed by atoms with Crippen molar-refractivity contribution in [3.8, 4) is 5.75 Å². The second-order valence-electron chi connectivity index (χ2n) is 5.37. The molecule has 1 aromatic heterocycles. The van der Waals surface area contributed by atoms with E-state index in [9.17, 15) is 0 Å². The van der Waals surface area contributed by atoms with Crippen LogP contribution in [-0.2, 0) is 6.61 Å². The van der Waals surface area contributed by atoms with E-state index in [0.717, 1.165) is 11.3 Å². The van der Waals surface area contributed by atoms with E-state index in [-0.39, 0.29) is 6.04 Å². The van der Waals surface area contributed by atoms with E-state index in [2.05, 4.69) is 31.2 Å². The van der Waals surface area contributed by atoms with Crippen LogP contribution in [0.5, 0.6) is 5.75 Å². The molecule has 0 saturated heterocycles. The molecule has 0 aliphatic rings. The molecule has 4 nitrogen and oxygen atoms in total. The smallest absolute Gasteiger partial charge is 0.138 e. The van der Waals surface area contributed by atoms with Gasteiger partial charge in [-0.05, 0) is 51.6 Å². The van der Waals surface area contributed by atoms with Gasteiger partial charge in [-0.25, -0.2) is 0 Å². The third kappa shape index (κ3) is 3.99. The lowest BCUT2D eigenvalue weighted by Crippen LogP contribution is -2.12. The van der Waals surface area contributed by atoms with E-state index in [0.29, 0.717) is 23.4 Å². The number of nitrogens with one attached hydrogen (secondary N) is 1. The molecule has 0 bridgehead atoms. The summed E-state index contributed by atoms with van der Waals surface area (Å²) in [5.41, 5.74) is 2.03. The van der Waals surface area contributed by atoms with Gasteiger partial charge in [-0.15, -0.1) is 0 Å². The van der Waals surface area contributed by atoms with Crippen LogP contribution in [0.3, 0.4) is 0 Å². The van der Waals surface area contributed by atoms with E-state index in [4.69, 9.17) is 16.3 Å². The molecule has 2 aromatic rings. The molecule has 2 rings (SSSR count). The van der Waals surface area contributed by atoms with Crippen molar-refractivity contribution in [2.75, 3.05) is 7.05 Å². The van der Waals surface area contributed by atoms with Crippen LogP contribution in [-0.4, -0.2) is 16.8 Å². The average Bonchev–Trinajstić information content (AvgIpc) is 2.94. The van der Waals surface area contributed by atoms with Gasteiger partial charge in [-0.3, -0.25) is 4.68 Å². The number of halogens is 1. The first kappa shape index (κ1) is 15.9. The summed E-state index contributed by atoms with van der Waals surface area (Å²) < 4.78 is 7.67. The van der Waals surface area contributed by atoms with Gasteiger partial charge in [0.25, 0.3) is 0 Å². The zero-order valence-corrected chi connectivity index (χ0v) is 13.7. The van der Waals surface area contributed by atoms with E-state index < -0.39 is 0 Å². The number of hydrogen-bond donors (Lipinski definition) is 1. The van der Waals surface area contributed by atoms with Gasteiger partial charge < -0.3 is 10.1 Å². The van der Waals surface area contributed by atoms with Gasteiger partial charge >= 0.3 is 0 Å². The summed E-state index contributed by atoms with van der Waals surface area (Å²) in [6.45, 7) is 6.69. The van der Waals surface area contributed by atoms with Gasteiger partial charge in [0, 0.05) is 18.3 Å². The minimum atomic E-state index is 0.262. The predicted octanol–water partition coefficient (Wildman–Crippen LogP) is 3.98. The second kappa shape index (κ2) is 6.96. The van der Waals surface area contributed by atoms with Crippen LogP contribution in [0.15, 0.2) is 30.5 Å². The highest BCUT2D eigenvalue weighted by Gasteiger charge is 2.09. The van der Waals surface area contributed by atoms with E-state index >= 15 is 0 Å². The fourth-order valence-corrected chi connectivity index (χ4v) is 2.21. The maximum atomic E-state index is 6.27. The summed E-state index contributed by atoms with van der Waals surface area (Å²) in [4.78, 5) is 0. The topological polar surface area (TPSA) is 39.1 Å². The molecule has 0 aliphatic carbocycles. The number of rotatable bonds is 6. The van der Waals surface area contributed by atoms with Crippen LogP contribution in [0.4, 0.5) is 0 Å². The molecule has 1 aromatic carbocycles. The van der Waals surface area contributed by atoms with Crippen molar-refractivity contribution in [3.05, 3.63) is 46.7 Å². The Labute approximate surface area is 131 Å². The van der Waals surface area contributed by atoms with Gasteiger partial charge in [0.2, 0.25) is 0 Å². The van der Waals surface area contributed by atoms with Crippen molar-refractivity contribution in [3.63, 3.8) is 0 Å². The molecule has 0 radical (unpaired) electrons. The fourth-order valence-electron chi connectivity index (χ4n) is 1.96. The van der Waals surface area contributed by atoms with Crippen molar-refractivity contribution in [2.45, 2.75) is 39.5 Å². The molecule has 0 spiro atoms. The summed E-state index contributed by atoms with van der Waals surface area (Å²) in [6, 6.07) is 8.44. The number of hydrogen-bond acceptors (Lipinski definition) is 3. The quantitative estimate of drug-likeness (QED) is 0.877. The number of benzene rings is 1. The Bertz CT molecular complexity index is 595. The molecule has 0 saturated carbocycles. The highest BCUT2D eigenvalue weighted by molar-refractivity contribution is 6.32. The van der Waals surface area contributed by atoms with Crippen molar-refractivity contribution in [2.24, 2.45) is 0 Å². The molecule has 1 N–H and O–H groups in total. The Morgan fingerprint density at radius 1 is 1.29 bits per heavy atom. The minimum Gasteiger partial charge on any atom is -0.486 e. The lowest BCUT2D eigenvalue weighted by atomic mass is 10.1. The Morgan fingerprint density at radius 3 is 2.62 bits per heavy atom. The molecule has 1 unspecified atom stereocenters. The Morgan fingerprint density at radius 2 is 2.05 bits per heavy atom. The summed E-state index contributed by atoms with van der Waals surface area (Å²) >= 11 is 6.27. The highest BCUT2D eigenvalue weighted by Crippen LogP contribution is 2.28. The summed E-state index contributed by atoms with van der Waals surface area (Å²) in [6.07, 6.45) is 1.96. The average molecular weight is 308 g/mol. The standard InChI is InChI=1S/C16H22ClN3O/c1-11(2)20-8-7-14(19-20)10-21-16-6-5-13(9-15(16)17)12(3)18-4/h5-9,11-12,18H,10H2,1-4H3. The van der Waals surface area contributed by atoms with Crippen molar-refractivity contribution < 1.29 is 4.74 Å². The molecular weight excluding hydrogens is 286 g/mol. The van der Waals surface area contributed by atoms with Gasteiger partial charge in [-0.2, -0.15) is 5.10 Å². The first-order valence-corrected chi connectivity index (χ1v) is 7.52. The van der Waals surface area contributed by atoms with Crippen LogP contribution in [0, 0.1) is 0 Å². The normalized spacial score (nSPS) is 12.7. The molecular formula is C16H22ClN3O. The number of aromatic nitrogens is 2. The molecule has 114 valence electrons. The van der Waals surface area contributed by atoms with Gasteiger partial charge in [0.15, 0.2) is 0 Å². The third-order valence-corrected chi connectivity index (χ3v) is 3.75. The van der Waals surface area contributed by atoms with Crippen LogP contribution < -0.4 is 10.1 Å². The Kier molecular flexibility index (Phi) is 5.26. The Balaban J connectivity index is 2.02. The summed E-state index contributed by atoms with van der Waals surface area (Å²) in [5.74, 6) is 0.683. The molecule has 0 amide bonds. The van der Waals surface area contributed by atoms with Crippen molar-refractivity contribution in [1.82, 2.24) is 15.1 Å². The fraction of sp³-hybridized carbons (Fsp3) is 0.438. The predicted molar refractivity (Wildman–Crippen MR) is 85.9 cm³/mol. The van der Waals surface area contributed by atoms with E-state index in [1.165, 1.54) is 0 Å². The lowest BCUT2D eigenvalue weighted by molar-refractivity contribution is 0.298. The van der Waals surface area contributed by atoms with Crippen LogP contribution in [0.25, 0.3) is 0 Å². The summed E-state index contributed by atoms with van der Waals surface area (Å²) in [7, 11) is 1.92. The highest BCUT2D eigenvalue weighted by atomic mass is 35.5. The van der Waals surface area contributed by atoms with Crippen LogP contribution in [0.2, 0.25) is 5.02 Å². The molecule has 0 aliphatic heterocycles. The van der Waals surface area contributed by atoms with Gasteiger partial charge in [0.1, 0.15) is 12.4 Å². The minimum absolute atomic E-state index is 0.262. The lowest BCUT2D eigenvalue weighted by Gasteiger charge is -2.13. The van der Waals surface area contributed by atoms with Crippen LogP contribution >= 0.6 is 11.6 Å². The summed E-state index contributed by atoms with van der Waals surface area (Å²) in [5, 5.41) is 8.26. The SMILES string of the molecule is CNC(C)c1ccc(OCc2ccn(C(C)C)n2)c(Cl)c1. The molecule has 5 heteroatoms. The maximum Gasteiger partial charge on any atom is 0.138 e. The van der Waals surface area contributed by atoms with Crippen molar-refractivity contribution in [1.29, 1.82) is 0 Å². The number of ether oxygens (including phenoxy) is 1. The molecule has 1 atom stereocenters. The first-order chi connectivity index (χ1) is 10.0. The van der Waals surface area contributed by atoms with Crippen molar-refractivity contribution >= 4 is 11.6 Å². The largest absolute Gasteiger partial charge is 0.486 e. The second-order valence-corrected chi connectivity index (χ2v) is 5.78. The van der Waals surface area contributed by atoms with E-state index in [1.54, 1.807) is 0 Å². The van der Waals surface area contributed by atoms with Gasteiger partial charge in [-0.1, -0.05) is 17.7 Å². The number of nitrogens with zero attached hydrogens (tertiary/aromatic N) is 2. The van der Waals surface area contributed by atoms with E-state index in [1.807, 2.05) is 42.2 Å². The molecule has 1 heterocycles. The third-order valence-electron chi connectivity index (χ3n) is 3.46. The maximum absolute atomic E-state index is 6.27. The Hall–Kier alpha value is -1.52.